The first kappa shape index (κ1) is 22.8. The lowest BCUT2D eigenvalue weighted by molar-refractivity contribution is -0.137. The van der Waals surface area contributed by atoms with E-state index in [4.69, 9.17) is 9.47 Å². The van der Waals surface area contributed by atoms with Crippen LogP contribution in [0.15, 0.2) is 59.1 Å². The Balaban J connectivity index is 1.88. The van der Waals surface area contributed by atoms with Crippen LogP contribution in [0.3, 0.4) is 0 Å². The van der Waals surface area contributed by atoms with Crippen LogP contribution in [0.25, 0.3) is 22.0 Å². The zero-order valence-corrected chi connectivity index (χ0v) is 18.8. The number of hydrogen-bond acceptors (Lipinski definition) is 7. The fourth-order valence-electron chi connectivity index (χ4n) is 3.29. The SMILES string of the molecule is COc1cc(C(F)(F)F)ccc1-c1ccnc2cc(S(=O)(=O)Nc3nccs3)c(OC)cc12. The lowest BCUT2D eigenvalue weighted by atomic mass is 9.98. The van der Waals surface area contributed by atoms with Crippen molar-refractivity contribution in [3.63, 3.8) is 0 Å². The first-order chi connectivity index (χ1) is 15.6. The normalized spacial score (nSPS) is 12.0. The predicted molar refractivity (Wildman–Crippen MR) is 118 cm³/mol. The number of ether oxygens (including phenoxy) is 2. The molecule has 2 heterocycles. The number of halogens is 3. The van der Waals surface area contributed by atoms with E-state index in [0.29, 0.717) is 22.0 Å². The molecule has 12 heteroatoms. The molecule has 0 radical (unpaired) electrons. The summed E-state index contributed by atoms with van der Waals surface area (Å²) in [6.07, 6.45) is -1.62. The molecular weight excluding hydrogens is 479 g/mol. The largest absolute Gasteiger partial charge is 0.496 e. The summed E-state index contributed by atoms with van der Waals surface area (Å²) in [6.45, 7) is 0. The van der Waals surface area contributed by atoms with Crippen molar-refractivity contribution in [2.45, 2.75) is 11.1 Å². The van der Waals surface area contributed by atoms with E-state index in [1.807, 2.05) is 0 Å². The summed E-state index contributed by atoms with van der Waals surface area (Å²) in [5.74, 6) is 0.0464. The number of thiazole rings is 1. The Morgan fingerprint density at radius 2 is 1.70 bits per heavy atom. The maximum absolute atomic E-state index is 13.1. The minimum absolute atomic E-state index is 0.0124. The summed E-state index contributed by atoms with van der Waals surface area (Å²) in [4.78, 5) is 8.01. The lowest BCUT2D eigenvalue weighted by Crippen LogP contribution is -2.14. The Labute approximate surface area is 190 Å². The molecular formula is C21H16F3N3O4S2. The van der Waals surface area contributed by atoms with Gasteiger partial charge in [0.25, 0.3) is 10.0 Å². The molecule has 0 spiro atoms. The second-order valence-corrected chi connectivity index (χ2v) is 9.28. The molecule has 7 nitrogen and oxygen atoms in total. The molecule has 2 aromatic heterocycles. The number of nitrogens with one attached hydrogen (secondary N) is 1. The van der Waals surface area contributed by atoms with Crippen LogP contribution in [0.2, 0.25) is 0 Å². The minimum Gasteiger partial charge on any atom is -0.496 e. The van der Waals surface area contributed by atoms with E-state index in [2.05, 4.69) is 14.7 Å². The van der Waals surface area contributed by atoms with Gasteiger partial charge in [0.1, 0.15) is 16.4 Å². The van der Waals surface area contributed by atoms with Gasteiger partial charge in [0, 0.05) is 28.7 Å². The molecule has 172 valence electrons. The average molecular weight is 496 g/mol. The van der Waals surface area contributed by atoms with Gasteiger partial charge in [-0.25, -0.2) is 13.4 Å². The van der Waals surface area contributed by atoms with Crippen molar-refractivity contribution < 1.29 is 31.1 Å². The predicted octanol–water partition coefficient (Wildman–Crippen LogP) is 5.20. The third-order valence-corrected chi connectivity index (χ3v) is 6.97. The quantitative estimate of drug-likeness (QED) is 0.396. The van der Waals surface area contributed by atoms with Crippen LogP contribution in [0.4, 0.5) is 18.3 Å². The van der Waals surface area contributed by atoms with Crippen LogP contribution < -0.4 is 14.2 Å². The molecule has 0 atom stereocenters. The zero-order chi connectivity index (χ0) is 23.8. The highest BCUT2D eigenvalue weighted by Crippen LogP contribution is 2.41. The van der Waals surface area contributed by atoms with Crippen molar-refractivity contribution in [3.8, 4) is 22.6 Å². The molecule has 0 aliphatic carbocycles. The summed E-state index contributed by atoms with van der Waals surface area (Å²) in [5.41, 5.74) is 0.340. The Hall–Kier alpha value is -3.38. The third-order valence-electron chi connectivity index (χ3n) is 4.79. The topological polar surface area (TPSA) is 90.4 Å². The highest BCUT2D eigenvalue weighted by molar-refractivity contribution is 7.93. The molecule has 0 unspecified atom stereocenters. The molecule has 4 aromatic rings. The highest BCUT2D eigenvalue weighted by Gasteiger charge is 2.31. The van der Waals surface area contributed by atoms with Gasteiger partial charge in [0.05, 0.1) is 25.3 Å². The van der Waals surface area contributed by atoms with Crippen molar-refractivity contribution in [2.24, 2.45) is 0 Å². The first-order valence-electron chi connectivity index (χ1n) is 9.28. The van der Waals surface area contributed by atoms with Crippen LogP contribution in [-0.2, 0) is 16.2 Å². The number of fused-ring (bicyclic) bond motifs is 1. The number of sulfonamides is 1. The van der Waals surface area contributed by atoms with E-state index in [0.717, 1.165) is 23.5 Å². The second kappa shape index (κ2) is 8.52. The molecule has 0 aliphatic rings. The number of hydrogen-bond donors (Lipinski definition) is 1. The maximum Gasteiger partial charge on any atom is 0.416 e. The van der Waals surface area contributed by atoms with Crippen molar-refractivity contribution >= 4 is 37.4 Å². The van der Waals surface area contributed by atoms with E-state index in [9.17, 15) is 21.6 Å². The van der Waals surface area contributed by atoms with Crippen molar-refractivity contribution in [3.05, 3.63) is 59.7 Å². The summed E-state index contributed by atoms with van der Waals surface area (Å²) >= 11 is 1.12. The lowest BCUT2D eigenvalue weighted by Gasteiger charge is -2.16. The molecule has 0 aliphatic heterocycles. The molecule has 2 aromatic carbocycles. The van der Waals surface area contributed by atoms with E-state index in [-0.39, 0.29) is 21.5 Å². The van der Waals surface area contributed by atoms with Crippen LogP contribution in [0, 0.1) is 0 Å². The minimum atomic E-state index is -4.52. The van der Waals surface area contributed by atoms with Crippen LogP contribution >= 0.6 is 11.3 Å². The number of pyridine rings is 1. The molecule has 4 rings (SSSR count). The highest BCUT2D eigenvalue weighted by atomic mass is 32.2. The van der Waals surface area contributed by atoms with Gasteiger partial charge < -0.3 is 9.47 Å². The second-order valence-electron chi connectivity index (χ2n) is 6.73. The fraction of sp³-hybridized carbons (Fsp3) is 0.143. The van der Waals surface area contributed by atoms with E-state index in [1.165, 1.54) is 44.8 Å². The molecule has 0 amide bonds. The molecule has 0 saturated carbocycles. The number of aromatic nitrogens is 2. The van der Waals surface area contributed by atoms with Crippen LogP contribution in [0.1, 0.15) is 5.56 Å². The third kappa shape index (κ3) is 4.44. The number of nitrogens with zero attached hydrogens (tertiary/aromatic N) is 2. The van der Waals surface area contributed by atoms with E-state index < -0.39 is 21.8 Å². The Bertz CT molecular complexity index is 1420. The summed E-state index contributed by atoms with van der Waals surface area (Å²) in [5, 5.41) is 2.29. The van der Waals surface area contributed by atoms with Gasteiger partial charge in [0.2, 0.25) is 0 Å². The van der Waals surface area contributed by atoms with Gasteiger partial charge >= 0.3 is 6.18 Å². The number of benzene rings is 2. The Morgan fingerprint density at radius 1 is 0.939 bits per heavy atom. The summed E-state index contributed by atoms with van der Waals surface area (Å²) in [6, 6.07) is 7.59. The number of anilines is 1. The number of rotatable bonds is 6. The molecule has 0 fully saturated rings. The Kier molecular flexibility index (Phi) is 5.89. The van der Waals surface area contributed by atoms with E-state index >= 15 is 0 Å². The van der Waals surface area contributed by atoms with Crippen LogP contribution in [0.5, 0.6) is 11.5 Å². The van der Waals surface area contributed by atoms with Gasteiger partial charge in [-0.15, -0.1) is 11.3 Å². The molecule has 0 saturated heterocycles. The van der Waals surface area contributed by atoms with Crippen molar-refractivity contribution in [2.75, 3.05) is 18.9 Å². The number of alkyl halides is 3. The van der Waals surface area contributed by atoms with Gasteiger partial charge in [0.15, 0.2) is 5.13 Å². The smallest absolute Gasteiger partial charge is 0.416 e. The molecule has 1 N–H and O–H groups in total. The van der Waals surface area contributed by atoms with E-state index in [1.54, 1.807) is 11.4 Å². The van der Waals surface area contributed by atoms with Crippen molar-refractivity contribution in [1.29, 1.82) is 0 Å². The summed E-state index contributed by atoms with van der Waals surface area (Å²) in [7, 11) is -1.45. The molecule has 0 bridgehead atoms. The molecule has 33 heavy (non-hydrogen) atoms. The summed E-state index contributed by atoms with van der Waals surface area (Å²) < 4.78 is 78.2. The zero-order valence-electron chi connectivity index (χ0n) is 17.2. The standard InChI is InChI=1S/C21H16F3N3O4S2/c1-30-17-9-12(21(22,23)24)3-4-14(17)13-5-6-25-16-11-19(18(31-2)10-15(13)16)33(28,29)27-20-26-7-8-32-20/h3-11H,1-2H3,(H,26,27). The fourth-order valence-corrected chi connectivity index (χ4v) is 5.25. The number of methoxy groups -OCH3 is 2. The maximum atomic E-state index is 13.1. The van der Waals surface area contributed by atoms with Gasteiger partial charge in [-0.2, -0.15) is 13.2 Å². The van der Waals surface area contributed by atoms with Gasteiger partial charge in [-0.1, -0.05) is 6.07 Å². The average Bonchev–Trinajstić information content (AvgIpc) is 3.29. The van der Waals surface area contributed by atoms with Crippen molar-refractivity contribution in [1.82, 2.24) is 9.97 Å². The monoisotopic (exact) mass is 495 g/mol. The Morgan fingerprint density at radius 3 is 2.33 bits per heavy atom. The van der Waals surface area contributed by atoms with Gasteiger partial charge in [-0.3, -0.25) is 9.71 Å². The first-order valence-corrected chi connectivity index (χ1v) is 11.6. The van der Waals surface area contributed by atoms with Gasteiger partial charge in [-0.05, 0) is 35.9 Å². The van der Waals surface area contributed by atoms with Crippen LogP contribution in [-0.4, -0.2) is 32.6 Å².